The van der Waals surface area contributed by atoms with E-state index in [2.05, 4.69) is 9.97 Å². The molecule has 0 aliphatic rings. The molecule has 0 fully saturated rings. The molecule has 96 valence electrons. The number of aliphatic hydroxyl groups is 1. The van der Waals surface area contributed by atoms with Gasteiger partial charge in [0.2, 0.25) is 0 Å². The fraction of sp³-hybridized carbons (Fsp3) is 0.133. The monoisotopic (exact) mass is 272 g/mol. The first-order valence-electron chi connectivity index (χ1n) is 6.09. The molecule has 3 nitrogen and oxygen atoms in total. The van der Waals surface area contributed by atoms with Crippen molar-refractivity contribution >= 4 is 22.6 Å². The van der Waals surface area contributed by atoms with Crippen LogP contribution >= 0.6 is 11.6 Å². The third-order valence-electron chi connectivity index (χ3n) is 3.06. The predicted octanol–water partition coefficient (Wildman–Crippen LogP) is 3.49. The molecular weight excluding hydrogens is 260 g/mol. The average Bonchev–Trinajstić information content (AvgIpc) is 2.80. The smallest absolute Gasteiger partial charge is 0.110 e. The lowest BCUT2D eigenvalue weighted by Crippen LogP contribution is -2.03. The molecule has 1 aromatic heterocycles. The molecule has 3 aromatic rings. The van der Waals surface area contributed by atoms with Crippen molar-refractivity contribution in [3.8, 4) is 0 Å². The normalized spacial score (nSPS) is 12.7. The molecule has 0 spiro atoms. The molecule has 0 bridgehead atoms. The lowest BCUT2D eigenvalue weighted by Gasteiger charge is -2.09. The van der Waals surface area contributed by atoms with Gasteiger partial charge in [-0.05, 0) is 29.8 Å². The summed E-state index contributed by atoms with van der Waals surface area (Å²) in [5, 5.41) is 10.8. The largest absolute Gasteiger partial charge is 0.388 e. The minimum atomic E-state index is -0.612. The van der Waals surface area contributed by atoms with Crippen molar-refractivity contribution < 1.29 is 5.11 Å². The summed E-state index contributed by atoms with van der Waals surface area (Å²) in [6.07, 6.45) is -0.172. The van der Waals surface area contributed by atoms with Crippen molar-refractivity contribution in [3.63, 3.8) is 0 Å². The number of halogens is 1. The van der Waals surface area contributed by atoms with Crippen LogP contribution in [-0.2, 0) is 6.42 Å². The van der Waals surface area contributed by atoms with E-state index in [0.717, 1.165) is 22.4 Å². The number of nitrogens with zero attached hydrogens (tertiary/aromatic N) is 1. The number of aromatic nitrogens is 2. The van der Waals surface area contributed by atoms with Gasteiger partial charge in [0, 0.05) is 11.4 Å². The Morgan fingerprint density at radius 3 is 2.79 bits per heavy atom. The van der Waals surface area contributed by atoms with Crippen LogP contribution in [0.25, 0.3) is 11.0 Å². The second-order valence-corrected chi connectivity index (χ2v) is 4.91. The summed E-state index contributed by atoms with van der Waals surface area (Å²) in [7, 11) is 0. The quantitative estimate of drug-likeness (QED) is 0.767. The molecular formula is C15H13ClN2O. The molecule has 0 amide bonds. The maximum absolute atomic E-state index is 10.2. The summed E-state index contributed by atoms with van der Waals surface area (Å²) in [5.41, 5.74) is 2.69. The van der Waals surface area contributed by atoms with Crippen LogP contribution in [0.2, 0.25) is 5.02 Å². The van der Waals surface area contributed by atoms with Crippen molar-refractivity contribution in [3.05, 3.63) is 64.9 Å². The van der Waals surface area contributed by atoms with Crippen LogP contribution in [0.3, 0.4) is 0 Å². The Kier molecular flexibility index (Phi) is 3.23. The van der Waals surface area contributed by atoms with Crippen LogP contribution in [0.5, 0.6) is 0 Å². The van der Waals surface area contributed by atoms with E-state index in [0.29, 0.717) is 11.4 Å². The number of fused-ring (bicyclic) bond motifs is 1. The molecule has 2 aromatic carbocycles. The number of imidazole rings is 1. The zero-order valence-corrected chi connectivity index (χ0v) is 10.9. The molecule has 1 atom stereocenters. The lowest BCUT2D eigenvalue weighted by molar-refractivity contribution is 0.176. The standard InChI is InChI=1S/C15H13ClN2O/c16-11-5-3-4-10(8-11)14(19)9-15-17-12-6-1-2-7-13(12)18-15/h1-8,14,19H,9H2,(H,17,18). The molecule has 1 unspecified atom stereocenters. The zero-order valence-electron chi connectivity index (χ0n) is 10.2. The summed E-state index contributed by atoms with van der Waals surface area (Å²) in [6.45, 7) is 0. The first-order valence-corrected chi connectivity index (χ1v) is 6.47. The second-order valence-electron chi connectivity index (χ2n) is 4.48. The predicted molar refractivity (Wildman–Crippen MR) is 76.2 cm³/mol. The fourth-order valence-electron chi connectivity index (χ4n) is 2.12. The van der Waals surface area contributed by atoms with Gasteiger partial charge in [-0.2, -0.15) is 0 Å². The van der Waals surface area contributed by atoms with Gasteiger partial charge < -0.3 is 10.1 Å². The van der Waals surface area contributed by atoms with Gasteiger partial charge in [0.1, 0.15) is 5.82 Å². The van der Waals surface area contributed by atoms with Gasteiger partial charge in [0.25, 0.3) is 0 Å². The van der Waals surface area contributed by atoms with Gasteiger partial charge in [-0.15, -0.1) is 0 Å². The number of nitrogens with one attached hydrogen (secondary N) is 1. The maximum Gasteiger partial charge on any atom is 0.110 e. The third-order valence-corrected chi connectivity index (χ3v) is 3.29. The molecule has 0 aliphatic heterocycles. The number of aliphatic hydroxyl groups excluding tert-OH is 1. The van der Waals surface area contributed by atoms with Crippen molar-refractivity contribution in [1.82, 2.24) is 9.97 Å². The van der Waals surface area contributed by atoms with Gasteiger partial charge in [0.15, 0.2) is 0 Å². The van der Waals surface area contributed by atoms with Crippen LogP contribution in [0.4, 0.5) is 0 Å². The molecule has 0 aliphatic carbocycles. The van der Waals surface area contributed by atoms with E-state index < -0.39 is 6.10 Å². The van der Waals surface area contributed by atoms with Gasteiger partial charge in [-0.3, -0.25) is 0 Å². The Balaban J connectivity index is 1.84. The van der Waals surface area contributed by atoms with Crippen molar-refractivity contribution in [1.29, 1.82) is 0 Å². The Hall–Kier alpha value is -1.84. The number of hydrogen-bond donors (Lipinski definition) is 2. The first kappa shape index (κ1) is 12.2. The summed E-state index contributed by atoms with van der Waals surface area (Å²) in [5.74, 6) is 0.772. The van der Waals surface area contributed by atoms with Crippen LogP contribution in [0, 0.1) is 0 Å². The van der Waals surface area contributed by atoms with Gasteiger partial charge in [-0.25, -0.2) is 4.98 Å². The molecule has 3 rings (SSSR count). The molecule has 4 heteroatoms. The molecule has 1 heterocycles. The van der Waals surface area contributed by atoms with E-state index in [9.17, 15) is 5.11 Å². The number of hydrogen-bond acceptors (Lipinski definition) is 2. The van der Waals surface area contributed by atoms with E-state index in [1.54, 1.807) is 12.1 Å². The fourth-order valence-corrected chi connectivity index (χ4v) is 2.32. The van der Waals surface area contributed by atoms with Crippen LogP contribution < -0.4 is 0 Å². The van der Waals surface area contributed by atoms with E-state index in [1.807, 2.05) is 36.4 Å². The highest BCUT2D eigenvalue weighted by atomic mass is 35.5. The molecule has 0 saturated heterocycles. The van der Waals surface area contributed by atoms with E-state index in [-0.39, 0.29) is 0 Å². The highest BCUT2D eigenvalue weighted by molar-refractivity contribution is 6.30. The average molecular weight is 273 g/mol. The lowest BCUT2D eigenvalue weighted by atomic mass is 10.1. The van der Waals surface area contributed by atoms with Gasteiger partial charge in [-0.1, -0.05) is 35.9 Å². The zero-order chi connectivity index (χ0) is 13.2. The van der Waals surface area contributed by atoms with E-state index >= 15 is 0 Å². The van der Waals surface area contributed by atoms with Crippen LogP contribution in [-0.4, -0.2) is 15.1 Å². The molecule has 19 heavy (non-hydrogen) atoms. The number of benzene rings is 2. The summed E-state index contributed by atoms with van der Waals surface area (Å²) in [4.78, 5) is 7.66. The highest BCUT2D eigenvalue weighted by Crippen LogP contribution is 2.21. The topological polar surface area (TPSA) is 48.9 Å². The summed E-state index contributed by atoms with van der Waals surface area (Å²) < 4.78 is 0. The Labute approximate surface area is 115 Å². The Morgan fingerprint density at radius 2 is 2.00 bits per heavy atom. The minimum absolute atomic E-state index is 0.440. The van der Waals surface area contributed by atoms with Gasteiger partial charge >= 0.3 is 0 Å². The number of para-hydroxylation sites is 2. The molecule has 0 saturated carbocycles. The van der Waals surface area contributed by atoms with E-state index in [4.69, 9.17) is 11.6 Å². The van der Waals surface area contributed by atoms with Gasteiger partial charge in [0.05, 0.1) is 17.1 Å². The van der Waals surface area contributed by atoms with Crippen molar-refractivity contribution in [2.24, 2.45) is 0 Å². The number of rotatable bonds is 3. The number of aromatic amines is 1. The third kappa shape index (κ3) is 2.62. The molecule has 0 radical (unpaired) electrons. The van der Waals surface area contributed by atoms with Crippen molar-refractivity contribution in [2.45, 2.75) is 12.5 Å². The second kappa shape index (κ2) is 5.03. The maximum atomic E-state index is 10.2. The summed E-state index contributed by atoms with van der Waals surface area (Å²) in [6, 6.07) is 15.1. The number of H-pyrrole nitrogens is 1. The minimum Gasteiger partial charge on any atom is -0.388 e. The van der Waals surface area contributed by atoms with Crippen LogP contribution in [0.15, 0.2) is 48.5 Å². The Bertz CT molecular complexity index is 675. The Morgan fingerprint density at radius 1 is 1.16 bits per heavy atom. The molecule has 2 N–H and O–H groups in total. The van der Waals surface area contributed by atoms with E-state index in [1.165, 1.54) is 0 Å². The summed E-state index contributed by atoms with van der Waals surface area (Å²) >= 11 is 5.92. The first-order chi connectivity index (χ1) is 9.22. The van der Waals surface area contributed by atoms with Crippen LogP contribution in [0.1, 0.15) is 17.5 Å². The SMILES string of the molecule is OC(Cc1nc2ccccc2[nH]1)c1cccc(Cl)c1. The highest BCUT2D eigenvalue weighted by Gasteiger charge is 2.11. The van der Waals surface area contributed by atoms with Crippen molar-refractivity contribution in [2.75, 3.05) is 0 Å².